The summed E-state index contributed by atoms with van der Waals surface area (Å²) in [4.78, 5) is 14.0. The smallest absolute Gasteiger partial charge is 0.251 e. The number of benzene rings is 1. The number of carbonyl (C=O) groups is 1. The number of amides is 1. The Labute approximate surface area is 111 Å². The molecule has 94 valence electrons. The zero-order valence-electron chi connectivity index (χ0n) is 10.7. The monoisotopic (exact) mass is 298 g/mol. The average molecular weight is 299 g/mol. The molecule has 1 N–H and O–H groups in total. The summed E-state index contributed by atoms with van der Waals surface area (Å²) in [5, 5.41) is 2.94. The average Bonchev–Trinajstić information content (AvgIpc) is 2.27. The van der Waals surface area contributed by atoms with E-state index in [0.29, 0.717) is 12.1 Å². The molecule has 0 saturated heterocycles. The molecule has 4 heteroatoms. The summed E-state index contributed by atoms with van der Waals surface area (Å²) in [6.07, 6.45) is 0. The van der Waals surface area contributed by atoms with Gasteiger partial charge in [-0.25, -0.2) is 0 Å². The quantitative estimate of drug-likeness (QED) is 0.926. The number of nitrogens with one attached hydrogen (secondary N) is 1. The molecule has 0 heterocycles. The molecule has 1 aromatic rings. The largest absolute Gasteiger partial charge is 0.350 e. The first-order valence-corrected chi connectivity index (χ1v) is 6.33. The number of carbonyl (C=O) groups excluding carboxylic acids is 1. The highest BCUT2D eigenvalue weighted by Crippen LogP contribution is 2.11. The van der Waals surface area contributed by atoms with E-state index in [1.54, 1.807) is 0 Å². The van der Waals surface area contributed by atoms with Gasteiger partial charge in [0, 0.05) is 22.1 Å². The summed E-state index contributed by atoms with van der Waals surface area (Å²) in [7, 11) is 4.01. The van der Waals surface area contributed by atoms with Crippen LogP contribution in [0.15, 0.2) is 28.7 Å². The lowest BCUT2D eigenvalue weighted by molar-refractivity contribution is 0.0919. The summed E-state index contributed by atoms with van der Waals surface area (Å²) in [6.45, 7) is 4.80. The van der Waals surface area contributed by atoms with Crippen LogP contribution in [0.5, 0.6) is 0 Å². The van der Waals surface area contributed by atoms with Gasteiger partial charge in [-0.2, -0.15) is 0 Å². The van der Waals surface area contributed by atoms with Crippen LogP contribution in [0.25, 0.3) is 0 Å². The van der Waals surface area contributed by atoms with Crippen LogP contribution >= 0.6 is 15.9 Å². The van der Waals surface area contributed by atoms with E-state index in [1.807, 2.05) is 38.4 Å². The second kappa shape index (κ2) is 5.65. The van der Waals surface area contributed by atoms with Crippen LogP contribution in [0.1, 0.15) is 24.2 Å². The minimum atomic E-state index is -0.0506. The van der Waals surface area contributed by atoms with Crippen molar-refractivity contribution in [1.29, 1.82) is 0 Å². The van der Waals surface area contributed by atoms with E-state index >= 15 is 0 Å². The zero-order valence-corrected chi connectivity index (χ0v) is 12.3. The fraction of sp³-hybridized carbons (Fsp3) is 0.462. The van der Waals surface area contributed by atoms with Gasteiger partial charge < -0.3 is 10.2 Å². The van der Waals surface area contributed by atoms with E-state index in [2.05, 4.69) is 40.0 Å². The number of rotatable bonds is 4. The van der Waals surface area contributed by atoms with E-state index in [9.17, 15) is 4.79 Å². The molecule has 0 atom stereocenters. The molecule has 0 aliphatic carbocycles. The summed E-state index contributed by atoms with van der Waals surface area (Å²) in [5.41, 5.74) is 0.633. The number of likely N-dealkylation sites (N-methyl/N-ethyl adjacent to an activating group) is 1. The molecule has 1 amide bonds. The predicted molar refractivity (Wildman–Crippen MR) is 74.2 cm³/mol. The van der Waals surface area contributed by atoms with Crippen molar-refractivity contribution < 1.29 is 4.79 Å². The Bertz CT molecular complexity index is 385. The maximum atomic E-state index is 11.9. The van der Waals surface area contributed by atoms with Crippen LogP contribution in [0.3, 0.4) is 0 Å². The van der Waals surface area contributed by atoms with Gasteiger partial charge in [0.1, 0.15) is 0 Å². The van der Waals surface area contributed by atoms with Crippen LogP contribution in [0.4, 0.5) is 0 Å². The van der Waals surface area contributed by atoms with Crippen molar-refractivity contribution in [3.63, 3.8) is 0 Å². The standard InChI is InChI=1S/C13H19BrN2O/c1-13(2,16(3)4)9-15-12(17)10-5-7-11(14)8-6-10/h5-8H,9H2,1-4H3,(H,15,17). The van der Waals surface area contributed by atoms with Crippen LogP contribution in [-0.4, -0.2) is 37.0 Å². The van der Waals surface area contributed by atoms with Crippen molar-refractivity contribution in [2.75, 3.05) is 20.6 Å². The Kier molecular flexibility index (Phi) is 4.71. The van der Waals surface area contributed by atoms with Gasteiger partial charge in [-0.05, 0) is 52.2 Å². The highest BCUT2D eigenvalue weighted by molar-refractivity contribution is 9.10. The van der Waals surface area contributed by atoms with E-state index in [4.69, 9.17) is 0 Å². The van der Waals surface area contributed by atoms with Crippen molar-refractivity contribution in [2.24, 2.45) is 0 Å². The number of hydrogen-bond acceptors (Lipinski definition) is 2. The topological polar surface area (TPSA) is 32.3 Å². The van der Waals surface area contributed by atoms with E-state index < -0.39 is 0 Å². The fourth-order valence-corrected chi connectivity index (χ4v) is 1.42. The molecular weight excluding hydrogens is 280 g/mol. The second-order valence-corrected chi connectivity index (χ2v) is 5.81. The molecule has 0 radical (unpaired) electrons. The highest BCUT2D eigenvalue weighted by atomic mass is 79.9. The molecule has 17 heavy (non-hydrogen) atoms. The Morgan fingerprint density at radius 2 is 1.82 bits per heavy atom. The Morgan fingerprint density at radius 3 is 2.29 bits per heavy atom. The van der Waals surface area contributed by atoms with Crippen molar-refractivity contribution in [3.05, 3.63) is 34.3 Å². The Hall–Kier alpha value is -0.870. The zero-order chi connectivity index (χ0) is 13.1. The maximum absolute atomic E-state index is 11.9. The van der Waals surface area contributed by atoms with Crippen LogP contribution in [-0.2, 0) is 0 Å². The summed E-state index contributed by atoms with van der Waals surface area (Å²) < 4.78 is 0.975. The molecule has 1 rings (SSSR count). The van der Waals surface area contributed by atoms with Gasteiger partial charge in [0.2, 0.25) is 0 Å². The molecule has 0 unspecified atom stereocenters. The van der Waals surface area contributed by atoms with Gasteiger partial charge >= 0.3 is 0 Å². The molecule has 0 aromatic heterocycles. The lowest BCUT2D eigenvalue weighted by Crippen LogP contribution is -2.48. The van der Waals surface area contributed by atoms with Gasteiger partial charge in [0.25, 0.3) is 5.91 Å². The van der Waals surface area contributed by atoms with Gasteiger partial charge in [-0.15, -0.1) is 0 Å². The van der Waals surface area contributed by atoms with Crippen molar-refractivity contribution >= 4 is 21.8 Å². The highest BCUT2D eigenvalue weighted by Gasteiger charge is 2.21. The summed E-state index contributed by atoms with van der Waals surface area (Å²) in [5.74, 6) is -0.0348. The third kappa shape index (κ3) is 4.13. The number of hydrogen-bond donors (Lipinski definition) is 1. The lowest BCUT2D eigenvalue weighted by Gasteiger charge is -2.32. The van der Waals surface area contributed by atoms with Crippen molar-refractivity contribution in [2.45, 2.75) is 19.4 Å². The maximum Gasteiger partial charge on any atom is 0.251 e. The van der Waals surface area contributed by atoms with Gasteiger partial charge in [0.15, 0.2) is 0 Å². The molecule has 0 saturated carbocycles. The first kappa shape index (κ1) is 14.2. The van der Waals surface area contributed by atoms with Crippen LogP contribution < -0.4 is 5.32 Å². The first-order chi connectivity index (χ1) is 7.83. The Balaban J connectivity index is 2.59. The van der Waals surface area contributed by atoms with Crippen LogP contribution in [0.2, 0.25) is 0 Å². The summed E-state index contributed by atoms with van der Waals surface area (Å²) >= 11 is 3.35. The normalized spacial score (nSPS) is 11.6. The van der Waals surface area contributed by atoms with Gasteiger partial charge in [-0.3, -0.25) is 4.79 Å². The van der Waals surface area contributed by atoms with E-state index in [1.165, 1.54) is 0 Å². The molecule has 0 spiro atoms. The van der Waals surface area contributed by atoms with E-state index in [0.717, 1.165) is 4.47 Å². The third-order valence-corrected chi connectivity index (χ3v) is 3.53. The molecule has 3 nitrogen and oxygen atoms in total. The molecule has 0 aliphatic rings. The second-order valence-electron chi connectivity index (χ2n) is 4.90. The lowest BCUT2D eigenvalue weighted by atomic mass is 10.0. The molecule has 0 fully saturated rings. The Morgan fingerprint density at radius 1 is 1.29 bits per heavy atom. The predicted octanol–water partition coefficient (Wildman–Crippen LogP) is 2.52. The van der Waals surface area contributed by atoms with Crippen LogP contribution in [0, 0.1) is 0 Å². The molecule has 1 aromatic carbocycles. The first-order valence-electron chi connectivity index (χ1n) is 5.54. The van der Waals surface area contributed by atoms with Gasteiger partial charge in [0.05, 0.1) is 0 Å². The number of nitrogens with zero attached hydrogens (tertiary/aromatic N) is 1. The minimum Gasteiger partial charge on any atom is -0.350 e. The SMILES string of the molecule is CN(C)C(C)(C)CNC(=O)c1ccc(Br)cc1. The molecule has 0 bridgehead atoms. The van der Waals surface area contributed by atoms with Crippen molar-refractivity contribution in [1.82, 2.24) is 10.2 Å². The fourth-order valence-electron chi connectivity index (χ4n) is 1.16. The molecular formula is C13H19BrN2O. The van der Waals surface area contributed by atoms with E-state index in [-0.39, 0.29) is 11.4 Å². The summed E-state index contributed by atoms with van der Waals surface area (Å²) in [6, 6.07) is 7.35. The minimum absolute atomic E-state index is 0.0348. The number of halogens is 1. The van der Waals surface area contributed by atoms with Crippen molar-refractivity contribution in [3.8, 4) is 0 Å². The molecule has 0 aliphatic heterocycles. The van der Waals surface area contributed by atoms with Gasteiger partial charge in [-0.1, -0.05) is 15.9 Å². The third-order valence-electron chi connectivity index (χ3n) is 3.00.